The Balaban J connectivity index is 1.74. The molecule has 134 valence electrons. The maximum absolute atomic E-state index is 12.5. The zero-order chi connectivity index (χ0) is 18.3. The number of fused-ring (bicyclic) bond motifs is 1. The van der Waals surface area contributed by atoms with Gasteiger partial charge in [-0.15, -0.1) is 0 Å². The molecule has 0 spiro atoms. The summed E-state index contributed by atoms with van der Waals surface area (Å²) in [4.78, 5) is 18.7. The molecule has 0 saturated carbocycles. The van der Waals surface area contributed by atoms with Gasteiger partial charge in [-0.1, -0.05) is 47.6 Å². The van der Waals surface area contributed by atoms with Gasteiger partial charge in [-0.25, -0.2) is 8.42 Å². The van der Waals surface area contributed by atoms with E-state index in [9.17, 15) is 13.2 Å². The van der Waals surface area contributed by atoms with Crippen molar-refractivity contribution in [3.8, 4) is 0 Å². The number of amidine groups is 1. The van der Waals surface area contributed by atoms with E-state index < -0.39 is 9.84 Å². The number of anilines is 1. The van der Waals surface area contributed by atoms with Gasteiger partial charge in [0.05, 0.1) is 17.5 Å². The molecular weight excluding hydrogens is 392 g/mol. The Labute approximate surface area is 161 Å². The number of halogens is 1. The third-order valence-electron chi connectivity index (χ3n) is 4.37. The summed E-state index contributed by atoms with van der Waals surface area (Å²) in [6.07, 6.45) is 0. The molecule has 0 N–H and O–H groups in total. The van der Waals surface area contributed by atoms with Gasteiger partial charge in [-0.2, -0.15) is 4.99 Å². The summed E-state index contributed by atoms with van der Waals surface area (Å²) in [5.41, 5.74) is 1.24. The first-order valence-corrected chi connectivity index (χ1v) is 11.1. The average Bonchev–Trinajstić information content (AvgIpc) is 3.06. The molecule has 0 unspecified atom stereocenters. The Morgan fingerprint density at radius 1 is 1.12 bits per heavy atom. The molecule has 2 aliphatic heterocycles. The van der Waals surface area contributed by atoms with Gasteiger partial charge in [0.15, 0.2) is 15.0 Å². The van der Waals surface area contributed by atoms with E-state index in [4.69, 9.17) is 11.6 Å². The number of benzene rings is 2. The highest BCUT2D eigenvalue weighted by atomic mass is 35.5. The van der Waals surface area contributed by atoms with Gasteiger partial charge in [0.2, 0.25) is 0 Å². The molecule has 1 amide bonds. The second-order valence-electron chi connectivity index (χ2n) is 6.22. The number of rotatable bonds is 2. The monoisotopic (exact) mass is 406 g/mol. The van der Waals surface area contributed by atoms with Crippen LogP contribution in [-0.2, 0) is 9.84 Å². The fourth-order valence-corrected chi connectivity index (χ4v) is 7.32. The third kappa shape index (κ3) is 3.39. The number of aliphatic imine (C=N–C) groups is 1. The standard InChI is InChI=1S/C18H15ClN2O3S2/c19-13-7-4-8-14(9-13)21-15-10-26(23,24)11-16(15)25-18(21)20-17(22)12-5-2-1-3-6-12/h1-9,15-16H,10-11H2/t15-,16-/m1/s1. The average molecular weight is 407 g/mol. The molecule has 4 rings (SSSR count). The van der Waals surface area contributed by atoms with Crippen LogP contribution in [0.4, 0.5) is 5.69 Å². The minimum atomic E-state index is -3.10. The number of sulfone groups is 1. The molecule has 2 aliphatic rings. The first-order chi connectivity index (χ1) is 12.4. The molecule has 8 heteroatoms. The second kappa shape index (κ2) is 6.72. The first kappa shape index (κ1) is 17.6. The summed E-state index contributed by atoms with van der Waals surface area (Å²) in [7, 11) is -3.10. The number of hydrogen-bond acceptors (Lipinski definition) is 4. The van der Waals surface area contributed by atoms with Gasteiger partial charge in [-0.05, 0) is 30.3 Å². The molecule has 0 bridgehead atoms. The molecule has 5 nitrogen and oxygen atoms in total. The third-order valence-corrected chi connectivity index (χ3v) is 7.82. The van der Waals surface area contributed by atoms with Crippen LogP contribution in [0.15, 0.2) is 59.6 Å². The number of carbonyl (C=O) groups is 1. The topological polar surface area (TPSA) is 66.8 Å². The molecule has 2 saturated heterocycles. The van der Waals surface area contributed by atoms with Gasteiger partial charge in [0.1, 0.15) is 0 Å². The normalized spacial score (nSPS) is 25.4. The summed E-state index contributed by atoms with van der Waals surface area (Å²) >= 11 is 7.46. The summed E-state index contributed by atoms with van der Waals surface area (Å²) in [6.45, 7) is 0. The van der Waals surface area contributed by atoms with Gasteiger partial charge in [0, 0.05) is 21.5 Å². The first-order valence-electron chi connectivity index (χ1n) is 8.03. The Morgan fingerprint density at radius 3 is 2.62 bits per heavy atom. The lowest BCUT2D eigenvalue weighted by Gasteiger charge is -2.24. The van der Waals surface area contributed by atoms with E-state index >= 15 is 0 Å². The molecule has 0 aromatic heterocycles. The minimum absolute atomic E-state index is 0.0513. The van der Waals surface area contributed by atoms with Crippen LogP contribution in [0.1, 0.15) is 10.4 Å². The molecule has 0 aliphatic carbocycles. The number of hydrogen-bond donors (Lipinski definition) is 0. The Kier molecular flexibility index (Phi) is 4.54. The molecule has 2 aromatic carbocycles. The zero-order valence-electron chi connectivity index (χ0n) is 13.6. The molecule has 26 heavy (non-hydrogen) atoms. The second-order valence-corrected chi connectivity index (χ2v) is 10.0. The van der Waals surface area contributed by atoms with Crippen LogP contribution in [0.25, 0.3) is 0 Å². The number of amides is 1. The molecule has 2 aromatic rings. The summed E-state index contributed by atoms with van der Waals surface area (Å²) < 4.78 is 24.1. The van der Waals surface area contributed by atoms with Gasteiger partial charge in [0.25, 0.3) is 5.91 Å². The van der Waals surface area contributed by atoms with Crippen molar-refractivity contribution in [2.24, 2.45) is 4.99 Å². The van der Waals surface area contributed by atoms with Crippen LogP contribution >= 0.6 is 23.4 Å². The van der Waals surface area contributed by atoms with Crippen molar-refractivity contribution < 1.29 is 13.2 Å². The number of carbonyl (C=O) groups excluding carboxylic acids is 1. The smallest absolute Gasteiger partial charge is 0.279 e. The summed E-state index contributed by atoms with van der Waals surface area (Å²) in [6, 6.07) is 15.7. The lowest BCUT2D eigenvalue weighted by atomic mass is 10.2. The Hall–Kier alpha value is -1.83. The van der Waals surface area contributed by atoms with Gasteiger partial charge >= 0.3 is 0 Å². The van der Waals surface area contributed by atoms with Crippen molar-refractivity contribution in [3.63, 3.8) is 0 Å². The minimum Gasteiger partial charge on any atom is -0.316 e. The van der Waals surface area contributed by atoms with Crippen LogP contribution in [0.2, 0.25) is 5.02 Å². The molecule has 2 fully saturated rings. The summed E-state index contributed by atoms with van der Waals surface area (Å²) in [5.74, 6) is -0.198. The van der Waals surface area contributed by atoms with Crippen molar-refractivity contribution >= 4 is 50.0 Å². The largest absolute Gasteiger partial charge is 0.316 e. The maximum atomic E-state index is 12.5. The maximum Gasteiger partial charge on any atom is 0.279 e. The fraction of sp³-hybridized carbons (Fsp3) is 0.222. The van der Waals surface area contributed by atoms with E-state index in [2.05, 4.69) is 4.99 Å². The van der Waals surface area contributed by atoms with Crippen molar-refractivity contribution in [1.29, 1.82) is 0 Å². The lowest BCUT2D eigenvalue weighted by Crippen LogP contribution is -2.37. The lowest BCUT2D eigenvalue weighted by molar-refractivity contribution is 0.100. The Bertz CT molecular complexity index is 993. The highest BCUT2D eigenvalue weighted by molar-refractivity contribution is 8.16. The van der Waals surface area contributed by atoms with Crippen LogP contribution in [0.5, 0.6) is 0 Å². The zero-order valence-corrected chi connectivity index (χ0v) is 16.0. The molecular formula is C18H15ClN2O3S2. The van der Waals surface area contributed by atoms with Crippen LogP contribution < -0.4 is 4.90 Å². The van der Waals surface area contributed by atoms with E-state index in [1.54, 1.807) is 42.5 Å². The number of thioether (sulfide) groups is 1. The van der Waals surface area contributed by atoms with Crippen molar-refractivity contribution in [1.82, 2.24) is 0 Å². The fourth-order valence-electron chi connectivity index (χ4n) is 3.22. The van der Waals surface area contributed by atoms with Crippen LogP contribution in [0.3, 0.4) is 0 Å². The summed E-state index contributed by atoms with van der Waals surface area (Å²) in [5, 5.41) is 0.929. The van der Waals surface area contributed by atoms with E-state index in [0.717, 1.165) is 5.69 Å². The highest BCUT2D eigenvalue weighted by Gasteiger charge is 2.49. The van der Waals surface area contributed by atoms with E-state index in [-0.39, 0.29) is 28.7 Å². The van der Waals surface area contributed by atoms with E-state index in [0.29, 0.717) is 15.8 Å². The quantitative estimate of drug-likeness (QED) is 0.765. The molecule has 0 radical (unpaired) electrons. The van der Waals surface area contributed by atoms with Crippen LogP contribution in [-0.4, -0.2) is 42.3 Å². The van der Waals surface area contributed by atoms with Gasteiger partial charge < -0.3 is 4.90 Å². The van der Waals surface area contributed by atoms with Crippen molar-refractivity contribution in [3.05, 3.63) is 65.2 Å². The number of nitrogens with zero attached hydrogens (tertiary/aromatic N) is 2. The van der Waals surface area contributed by atoms with Crippen LogP contribution in [0, 0.1) is 0 Å². The highest BCUT2D eigenvalue weighted by Crippen LogP contribution is 2.41. The molecule has 2 atom stereocenters. The predicted octanol–water partition coefficient (Wildman–Crippen LogP) is 3.26. The van der Waals surface area contributed by atoms with Crippen molar-refractivity contribution in [2.75, 3.05) is 16.4 Å². The van der Waals surface area contributed by atoms with Crippen molar-refractivity contribution in [2.45, 2.75) is 11.3 Å². The van der Waals surface area contributed by atoms with E-state index in [1.165, 1.54) is 11.8 Å². The van der Waals surface area contributed by atoms with E-state index in [1.807, 2.05) is 17.0 Å². The van der Waals surface area contributed by atoms with Gasteiger partial charge in [-0.3, -0.25) is 4.79 Å². The molecule has 2 heterocycles. The Morgan fingerprint density at radius 2 is 1.88 bits per heavy atom. The SMILES string of the molecule is O=C(N=C1S[C@@H]2CS(=O)(=O)C[C@H]2N1c1cccc(Cl)c1)c1ccccc1. The predicted molar refractivity (Wildman–Crippen MR) is 106 cm³/mol.